The van der Waals surface area contributed by atoms with Crippen molar-refractivity contribution in [2.45, 2.75) is 41.0 Å². The lowest BCUT2D eigenvalue weighted by Gasteiger charge is -2.20. The summed E-state index contributed by atoms with van der Waals surface area (Å²) in [6.45, 7) is 9.76. The summed E-state index contributed by atoms with van der Waals surface area (Å²) in [4.78, 5) is 11.1. The fraction of sp³-hybridized carbons (Fsp3) is 0.500. The molecular weight excluding hydrogens is 200 g/mol. The SMILES string of the molecule is Cc1cc(CC(C)(C)C(=O)O)cc(C)c1C. The first kappa shape index (κ1) is 12.8. The van der Waals surface area contributed by atoms with Crippen molar-refractivity contribution in [3.63, 3.8) is 0 Å². The molecule has 0 amide bonds. The summed E-state index contributed by atoms with van der Waals surface area (Å²) >= 11 is 0. The minimum atomic E-state index is -0.747. The molecule has 0 aliphatic rings. The Morgan fingerprint density at radius 2 is 1.62 bits per heavy atom. The van der Waals surface area contributed by atoms with Gasteiger partial charge in [0.1, 0.15) is 0 Å². The van der Waals surface area contributed by atoms with E-state index in [9.17, 15) is 4.79 Å². The average Bonchev–Trinajstić information content (AvgIpc) is 2.13. The average molecular weight is 220 g/mol. The van der Waals surface area contributed by atoms with Crippen LogP contribution < -0.4 is 0 Å². The molecule has 1 rings (SSSR count). The fourth-order valence-corrected chi connectivity index (χ4v) is 1.81. The molecule has 2 heteroatoms. The molecule has 0 fully saturated rings. The van der Waals surface area contributed by atoms with Gasteiger partial charge in [-0.15, -0.1) is 0 Å². The fourth-order valence-electron chi connectivity index (χ4n) is 1.81. The second-order valence-electron chi connectivity index (χ2n) is 5.22. The molecule has 1 N–H and O–H groups in total. The molecule has 0 unspecified atom stereocenters. The summed E-state index contributed by atoms with van der Waals surface area (Å²) in [6, 6.07) is 4.18. The maximum absolute atomic E-state index is 11.1. The third kappa shape index (κ3) is 2.63. The molecule has 1 aromatic rings. The first-order valence-electron chi connectivity index (χ1n) is 5.54. The molecule has 0 saturated heterocycles. The van der Waals surface area contributed by atoms with Crippen molar-refractivity contribution >= 4 is 5.97 Å². The highest BCUT2D eigenvalue weighted by Gasteiger charge is 2.27. The van der Waals surface area contributed by atoms with Crippen molar-refractivity contribution in [2.24, 2.45) is 5.41 Å². The Balaban J connectivity index is 3.04. The van der Waals surface area contributed by atoms with Gasteiger partial charge in [-0.25, -0.2) is 0 Å². The minimum Gasteiger partial charge on any atom is -0.481 e. The lowest BCUT2D eigenvalue weighted by Crippen LogP contribution is -2.26. The van der Waals surface area contributed by atoms with Gasteiger partial charge >= 0.3 is 5.97 Å². The first-order chi connectivity index (χ1) is 7.24. The molecule has 1 aromatic carbocycles. The summed E-state index contributed by atoms with van der Waals surface area (Å²) in [7, 11) is 0. The van der Waals surface area contributed by atoms with Gasteiger partial charge < -0.3 is 5.11 Å². The van der Waals surface area contributed by atoms with E-state index in [1.165, 1.54) is 16.7 Å². The van der Waals surface area contributed by atoms with E-state index < -0.39 is 11.4 Å². The summed E-state index contributed by atoms with van der Waals surface area (Å²) in [6.07, 6.45) is 0.574. The van der Waals surface area contributed by atoms with Crippen molar-refractivity contribution in [1.29, 1.82) is 0 Å². The maximum Gasteiger partial charge on any atom is 0.309 e. The van der Waals surface area contributed by atoms with Crippen molar-refractivity contribution in [3.8, 4) is 0 Å². The van der Waals surface area contributed by atoms with E-state index in [0.29, 0.717) is 6.42 Å². The molecule has 2 nitrogen and oxygen atoms in total. The van der Waals surface area contributed by atoms with Crippen LogP contribution in [0.4, 0.5) is 0 Å². The van der Waals surface area contributed by atoms with Crippen molar-refractivity contribution in [2.75, 3.05) is 0 Å². The predicted molar refractivity (Wildman–Crippen MR) is 65.8 cm³/mol. The Kier molecular flexibility index (Phi) is 3.41. The van der Waals surface area contributed by atoms with Crippen LogP contribution in [0.3, 0.4) is 0 Å². The normalized spacial score (nSPS) is 11.6. The molecule has 0 spiro atoms. The molecule has 0 aliphatic carbocycles. The first-order valence-corrected chi connectivity index (χ1v) is 5.54. The Morgan fingerprint density at radius 3 is 2.00 bits per heavy atom. The number of hydrogen-bond donors (Lipinski definition) is 1. The van der Waals surface area contributed by atoms with Crippen molar-refractivity contribution in [3.05, 3.63) is 34.4 Å². The number of carboxylic acids is 1. The topological polar surface area (TPSA) is 37.3 Å². The van der Waals surface area contributed by atoms with Gasteiger partial charge in [-0.2, -0.15) is 0 Å². The van der Waals surface area contributed by atoms with E-state index >= 15 is 0 Å². The van der Waals surface area contributed by atoms with Crippen LogP contribution in [0.5, 0.6) is 0 Å². The van der Waals surface area contributed by atoms with Crippen LogP contribution in [0.15, 0.2) is 12.1 Å². The molecule has 0 radical (unpaired) electrons. The third-order valence-corrected chi connectivity index (χ3v) is 3.21. The van der Waals surface area contributed by atoms with Crippen LogP contribution in [0.25, 0.3) is 0 Å². The van der Waals surface area contributed by atoms with Crippen LogP contribution >= 0.6 is 0 Å². The van der Waals surface area contributed by atoms with Crippen LogP contribution in [-0.2, 0) is 11.2 Å². The van der Waals surface area contributed by atoms with Gasteiger partial charge in [0.15, 0.2) is 0 Å². The molecule has 0 aromatic heterocycles. The van der Waals surface area contributed by atoms with Crippen LogP contribution in [0, 0.1) is 26.2 Å². The largest absolute Gasteiger partial charge is 0.481 e. The molecular formula is C14H20O2. The van der Waals surface area contributed by atoms with Gasteiger partial charge in [0.25, 0.3) is 0 Å². The third-order valence-electron chi connectivity index (χ3n) is 3.21. The van der Waals surface area contributed by atoms with Gasteiger partial charge in [-0.1, -0.05) is 12.1 Å². The van der Waals surface area contributed by atoms with Gasteiger partial charge in [0.05, 0.1) is 5.41 Å². The zero-order chi connectivity index (χ0) is 12.5. The number of benzene rings is 1. The van der Waals surface area contributed by atoms with E-state index in [-0.39, 0.29) is 0 Å². The summed E-state index contributed by atoms with van der Waals surface area (Å²) < 4.78 is 0. The van der Waals surface area contributed by atoms with Crippen LogP contribution in [-0.4, -0.2) is 11.1 Å². The monoisotopic (exact) mass is 220 g/mol. The highest BCUT2D eigenvalue weighted by Crippen LogP contribution is 2.24. The number of hydrogen-bond acceptors (Lipinski definition) is 1. The Bertz CT molecular complexity index is 394. The molecule has 16 heavy (non-hydrogen) atoms. The second-order valence-corrected chi connectivity index (χ2v) is 5.22. The highest BCUT2D eigenvalue weighted by molar-refractivity contribution is 5.74. The highest BCUT2D eigenvalue weighted by atomic mass is 16.4. The second kappa shape index (κ2) is 4.28. The van der Waals surface area contributed by atoms with E-state index in [4.69, 9.17) is 5.11 Å². The molecule has 88 valence electrons. The van der Waals surface area contributed by atoms with Crippen molar-refractivity contribution in [1.82, 2.24) is 0 Å². The minimum absolute atomic E-state index is 0.574. The molecule has 0 aliphatic heterocycles. The zero-order valence-corrected chi connectivity index (χ0v) is 10.7. The van der Waals surface area contributed by atoms with Crippen LogP contribution in [0.2, 0.25) is 0 Å². The molecule has 0 saturated carbocycles. The van der Waals surface area contributed by atoms with Gasteiger partial charge in [0, 0.05) is 0 Å². The lowest BCUT2D eigenvalue weighted by molar-refractivity contribution is -0.146. The number of carboxylic acid groups (broad SMARTS) is 1. The number of aryl methyl sites for hydroxylation is 2. The smallest absolute Gasteiger partial charge is 0.309 e. The Labute approximate surface area is 97.3 Å². The summed E-state index contributed by atoms with van der Waals surface area (Å²) in [5.41, 5.74) is 4.16. The van der Waals surface area contributed by atoms with Gasteiger partial charge in [0.2, 0.25) is 0 Å². The predicted octanol–water partition coefficient (Wildman–Crippen LogP) is 3.27. The number of aliphatic carboxylic acids is 1. The van der Waals surface area contributed by atoms with Crippen molar-refractivity contribution < 1.29 is 9.90 Å². The Morgan fingerprint density at radius 1 is 1.19 bits per heavy atom. The summed E-state index contributed by atoms with van der Waals surface area (Å²) in [5, 5.41) is 9.10. The van der Waals surface area contributed by atoms with E-state index in [2.05, 4.69) is 32.9 Å². The quantitative estimate of drug-likeness (QED) is 0.848. The lowest BCUT2D eigenvalue weighted by atomic mass is 9.84. The Hall–Kier alpha value is -1.31. The molecule has 0 heterocycles. The zero-order valence-electron chi connectivity index (χ0n) is 10.7. The molecule has 0 bridgehead atoms. The standard InChI is InChI=1S/C14H20O2/c1-9-6-12(7-10(2)11(9)3)8-14(4,5)13(15)16/h6-7H,8H2,1-5H3,(H,15,16). The van der Waals surface area contributed by atoms with Gasteiger partial charge in [-0.3, -0.25) is 4.79 Å². The van der Waals surface area contributed by atoms with E-state index in [0.717, 1.165) is 5.56 Å². The van der Waals surface area contributed by atoms with Gasteiger partial charge in [-0.05, 0) is 63.3 Å². The maximum atomic E-state index is 11.1. The molecule has 0 atom stereocenters. The summed E-state index contributed by atoms with van der Waals surface area (Å²) in [5.74, 6) is -0.747. The number of rotatable bonds is 3. The van der Waals surface area contributed by atoms with E-state index in [1.807, 2.05) is 0 Å². The van der Waals surface area contributed by atoms with E-state index in [1.54, 1.807) is 13.8 Å². The van der Waals surface area contributed by atoms with Crippen LogP contribution in [0.1, 0.15) is 36.1 Å². The number of carbonyl (C=O) groups is 1.